The highest BCUT2D eigenvalue weighted by molar-refractivity contribution is 9.10. The van der Waals surface area contributed by atoms with Crippen molar-refractivity contribution in [3.63, 3.8) is 0 Å². The monoisotopic (exact) mass is 308 g/mol. The number of carbonyl (C=O) groups is 1. The zero-order valence-electron chi connectivity index (χ0n) is 7.97. The number of nitrogens with zero attached hydrogens (tertiary/aromatic N) is 1. The molecule has 16 heavy (non-hydrogen) atoms. The van der Waals surface area contributed by atoms with Crippen LogP contribution in [0.5, 0.6) is 0 Å². The van der Waals surface area contributed by atoms with Gasteiger partial charge in [-0.1, -0.05) is 0 Å². The van der Waals surface area contributed by atoms with E-state index in [1.807, 2.05) is 4.72 Å². The Morgan fingerprint density at radius 2 is 2.19 bits per heavy atom. The average molecular weight is 309 g/mol. The van der Waals surface area contributed by atoms with Crippen LogP contribution in [0.2, 0.25) is 0 Å². The first kappa shape index (κ1) is 12.9. The van der Waals surface area contributed by atoms with Crippen LogP contribution in [0.3, 0.4) is 0 Å². The van der Waals surface area contributed by atoms with E-state index < -0.39 is 22.5 Å². The predicted octanol–water partition coefficient (Wildman–Crippen LogP) is -0.810. The molecule has 0 radical (unpaired) electrons. The van der Waals surface area contributed by atoms with Gasteiger partial charge in [0.05, 0.1) is 6.54 Å². The number of carbonyl (C=O) groups excluding carboxylic acids is 1. The van der Waals surface area contributed by atoms with Gasteiger partial charge in [-0.25, -0.2) is 18.1 Å². The van der Waals surface area contributed by atoms with E-state index in [0.29, 0.717) is 4.47 Å². The first-order valence-electron chi connectivity index (χ1n) is 4.02. The normalized spacial score (nSPS) is 11.3. The number of rotatable bonds is 4. The number of aromatic nitrogens is 1. The van der Waals surface area contributed by atoms with Crippen LogP contribution in [0.25, 0.3) is 0 Å². The van der Waals surface area contributed by atoms with Crippen LogP contribution >= 0.6 is 15.9 Å². The molecule has 5 N–H and O–H groups in total. The molecular weight excluding hydrogens is 300 g/mol. The molecule has 0 aliphatic carbocycles. The number of primary amides is 1. The number of nitrogens with two attached hydrogens (primary N) is 2. The van der Waals surface area contributed by atoms with Gasteiger partial charge in [-0.3, -0.25) is 4.79 Å². The Balaban J connectivity index is 3.07. The van der Waals surface area contributed by atoms with Crippen molar-refractivity contribution in [2.45, 2.75) is 4.90 Å². The fourth-order valence-electron chi connectivity index (χ4n) is 0.890. The van der Waals surface area contributed by atoms with Gasteiger partial charge in [0.2, 0.25) is 15.9 Å². The van der Waals surface area contributed by atoms with Crippen molar-refractivity contribution in [2.75, 3.05) is 12.3 Å². The van der Waals surface area contributed by atoms with Gasteiger partial charge in [0.25, 0.3) is 0 Å². The van der Waals surface area contributed by atoms with Crippen LogP contribution in [0.15, 0.2) is 21.6 Å². The quantitative estimate of drug-likeness (QED) is 0.670. The number of hydrogen-bond acceptors (Lipinski definition) is 5. The molecular formula is C7H9BrN4O3S. The molecule has 0 fully saturated rings. The Labute approximate surface area is 100 Å². The average Bonchev–Trinajstić information content (AvgIpc) is 2.19. The Morgan fingerprint density at radius 1 is 1.56 bits per heavy atom. The van der Waals surface area contributed by atoms with Crippen molar-refractivity contribution in [3.05, 3.63) is 16.7 Å². The molecule has 0 aromatic carbocycles. The third kappa shape index (κ3) is 3.15. The molecule has 0 aliphatic heterocycles. The largest absolute Gasteiger partial charge is 0.383 e. The summed E-state index contributed by atoms with van der Waals surface area (Å²) < 4.78 is 25.8. The molecule has 7 nitrogen and oxygen atoms in total. The van der Waals surface area contributed by atoms with Crippen molar-refractivity contribution in [3.8, 4) is 0 Å². The summed E-state index contributed by atoms with van der Waals surface area (Å²) >= 11 is 3.07. The number of nitrogens with one attached hydrogen (secondary N) is 1. The van der Waals surface area contributed by atoms with Gasteiger partial charge < -0.3 is 11.5 Å². The van der Waals surface area contributed by atoms with E-state index in [1.165, 1.54) is 12.3 Å². The summed E-state index contributed by atoms with van der Waals surface area (Å²) in [4.78, 5) is 13.9. The molecule has 0 bridgehead atoms. The molecule has 0 spiro atoms. The summed E-state index contributed by atoms with van der Waals surface area (Å²) in [5.41, 5.74) is 10.2. The number of amides is 1. The summed E-state index contributed by atoms with van der Waals surface area (Å²) in [6, 6.07) is 1.28. The zero-order valence-corrected chi connectivity index (χ0v) is 10.4. The minimum Gasteiger partial charge on any atom is -0.383 e. The lowest BCUT2D eigenvalue weighted by Gasteiger charge is -2.07. The van der Waals surface area contributed by atoms with Crippen molar-refractivity contribution in [1.29, 1.82) is 0 Å². The van der Waals surface area contributed by atoms with Crippen LogP contribution in [0.1, 0.15) is 0 Å². The number of halogens is 1. The number of nitrogen functional groups attached to an aromatic ring is 1. The van der Waals surface area contributed by atoms with Crippen molar-refractivity contribution in [2.24, 2.45) is 5.73 Å². The van der Waals surface area contributed by atoms with Gasteiger partial charge in [-0.15, -0.1) is 0 Å². The summed E-state index contributed by atoms with van der Waals surface area (Å²) in [6.45, 7) is -0.492. The summed E-state index contributed by atoms with van der Waals surface area (Å²) in [7, 11) is -3.88. The van der Waals surface area contributed by atoms with Crippen LogP contribution in [0.4, 0.5) is 5.82 Å². The molecule has 9 heteroatoms. The maximum Gasteiger partial charge on any atom is 0.244 e. The number of anilines is 1. The fraction of sp³-hybridized carbons (Fsp3) is 0.143. The molecule has 1 rings (SSSR count). The molecule has 0 saturated heterocycles. The van der Waals surface area contributed by atoms with Gasteiger partial charge >= 0.3 is 0 Å². The third-order valence-corrected chi connectivity index (χ3v) is 3.44. The van der Waals surface area contributed by atoms with E-state index in [-0.39, 0.29) is 10.7 Å². The zero-order chi connectivity index (χ0) is 12.3. The van der Waals surface area contributed by atoms with E-state index in [0.717, 1.165) is 0 Å². The lowest BCUT2D eigenvalue weighted by Crippen LogP contribution is -2.33. The van der Waals surface area contributed by atoms with E-state index in [1.54, 1.807) is 0 Å². The number of pyridine rings is 1. The molecule has 0 saturated carbocycles. The number of hydrogen-bond donors (Lipinski definition) is 3. The summed E-state index contributed by atoms with van der Waals surface area (Å²) in [5, 5.41) is 0. The number of sulfonamides is 1. The standard InChI is InChI=1S/C7H9BrN4O3S/c8-4-1-5(7(10)11-2-4)16(14,15)12-3-6(9)13/h1-2,12H,3H2,(H2,9,13)(H2,10,11). The molecule has 88 valence electrons. The summed E-state index contributed by atoms with van der Waals surface area (Å²) in [5.74, 6) is -0.940. The molecule has 0 atom stereocenters. The van der Waals surface area contributed by atoms with Crippen LogP contribution in [-0.2, 0) is 14.8 Å². The SMILES string of the molecule is NC(=O)CNS(=O)(=O)c1cc(Br)cnc1N. The highest BCUT2D eigenvalue weighted by atomic mass is 79.9. The smallest absolute Gasteiger partial charge is 0.244 e. The second kappa shape index (κ2) is 4.76. The van der Waals surface area contributed by atoms with Gasteiger partial charge in [0.15, 0.2) is 0 Å². The third-order valence-electron chi connectivity index (χ3n) is 1.57. The van der Waals surface area contributed by atoms with Crippen molar-refractivity contribution >= 4 is 37.7 Å². The molecule has 0 aliphatic rings. The Hall–Kier alpha value is -1.19. The molecule has 1 heterocycles. The molecule has 1 amide bonds. The van der Waals surface area contributed by atoms with Crippen LogP contribution in [-0.4, -0.2) is 25.9 Å². The Kier molecular flexibility index (Phi) is 3.83. The van der Waals surface area contributed by atoms with E-state index in [2.05, 4.69) is 20.9 Å². The first-order chi connectivity index (χ1) is 7.33. The van der Waals surface area contributed by atoms with Gasteiger partial charge in [-0.2, -0.15) is 0 Å². The van der Waals surface area contributed by atoms with Gasteiger partial charge in [0.1, 0.15) is 10.7 Å². The highest BCUT2D eigenvalue weighted by Crippen LogP contribution is 2.19. The van der Waals surface area contributed by atoms with Crippen LogP contribution in [0, 0.1) is 0 Å². The second-order valence-electron chi connectivity index (χ2n) is 2.83. The van der Waals surface area contributed by atoms with Crippen molar-refractivity contribution in [1.82, 2.24) is 9.71 Å². The fourth-order valence-corrected chi connectivity index (χ4v) is 2.47. The first-order valence-corrected chi connectivity index (χ1v) is 6.29. The summed E-state index contributed by atoms with van der Waals surface area (Å²) in [6.07, 6.45) is 1.36. The molecule has 1 aromatic heterocycles. The Morgan fingerprint density at radius 3 is 2.75 bits per heavy atom. The van der Waals surface area contributed by atoms with E-state index in [4.69, 9.17) is 11.5 Å². The van der Waals surface area contributed by atoms with E-state index in [9.17, 15) is 13.2 Å². The lowest BCUT2D eigenvalue weighted by atomic mass is 10.5. The van der Waals surface area contributed by atoms with Crippen LogP contribution < -0.4 is 16.2 Å². The topological polar surface area (TPSA) is 128 Å². The lowest BCUT2D eigenvalue weighted by molar-refractivity contribution is -0.116. The van der Waals surface area contributed by atoms with Gasteiger partial charge in [0, 0.05) is 10.7 Å². The minimum absolute atomic E-state index is 0.153. The highest BCUT2D eigenvalue weighted by Gasteiger charge is 2.19. The van der Waals surface area contributed by atoms with E-state index >= 15 is 0 Å². The second-order valence-corrected chi connectivity index (χ2v) is 5.48. The minimum atomic E-state index is -3.88. The predicted molar refractivity (Wildman–Crippen MR) is 60.7 cm³/mol. The van der Waals surface area contributed by atoms with Gasteiger partial charge in [-0.05, 0) is 22.0 Å². The maximum absolute atomic E-state index is 11.6. The molecule has 0 unspecified atom stereocenters. The maximum atomic E-state index is 11.6. The Bertz CT molecular complexity index is 516. The van der Waals surface area contributed by atoms with Crippen molar-refractivity contribution < 1.29 is 13.2 Å². The molecule has 1 aromatic rings.